The van der Waals surface area contributed by atoms with Crippen LogP contribution < -0.4 is 5.56 Å². The maximum absolute atomic E-state index is 13.3. The van der Waals surface area contributed by atoms with Gasteiger partial charge in [-0.15, -0.1) is 0 Å². The van der Waals surface area contributed by atoms with Crippen molar-refractivity contribution >= 4 is 28.6 Å². The number of hydrogen-bond donors (Lipinski definition) is 0. The molecule has 4 rings (SSSR count). The maximum atomic E-state index is 13.3. The molecular formula is C26H30N2O3S. The monoisotopic (exact) mass is 450 g/mol. The maximum Gasteiger partial charge on any atom is 0.316 e. The SMILES string of the molecule is CC(C)[C@H]1CC[C@H](C)C[C@H]1OC(=O)CSc1nc2ccccc2c(=O)n1-c1ccccc1. The Hall–Kier alpha value is -2.60. The van der Waals surface area contributed by atoms with E-state index in [1.807, 2.05) is 48.5 Å². The lowest BCUT2D eigenvalue weighted by atomic mass is 9.75. The number of carbonyl (C=O) groups is 1. The second kappa shape index (κ2) is 9.90. The Morgan fingerprint density at radius 2 is 1.84 bits per heavy atom. The highest BCUT2D eigenvalue weighted by Crippen LogP contribution is 2.35. The fraction of sp³-hybridized carbons (Fsp3) is 0.423. The first-order chi connectivity index (χ1) is 15.4. The van der Waals surface area contributed by atoms with E-state index >= 15 is 0 Å². The standard InChI is InChI=1S/C26H30N2O3S/c1-17(2)20-14-13-18(3)15-23(20)31-24(29)16-32-26-27-22-12-8-7-11-21(22)25(30)28(26)19-9-5-4-6-10-19/h4-12,17-18,20,23H,13-16H2,1-3H3/t18-,20+,23+/m0/s1. The molecule has 0 bridgehead atoms. The van der Waals surface area contributed by atoms with E-state index in [0.717, 1.165) is 18.5 Å². The molecule has 1 saturated carbocycles. The highest BCUT2D eigenvalue weighted by Gasteiger charge is 2.33. The van der Waals surface area contributed by atoms with Crippen LogP contribution >= 0.6 is 11.8 Å². The highest BCUT2D eigenvalue weighted by atomic mass is 32.2. The van der Waals surface area contributed by atoms with Crippen LogP contribution in [0.4, 0.5) is 0 Å². The van der Waals surface area contributed by atoms with Crippen LogP contribution in [0.5, 0.6) is 0 Å². The summed E-state index contributed by atoms with van der Waals surface area (Å²) in [6, 6.07) is 16.7. The first-order valence-corrected chi connectivity index (χ1v) is 12.3. The molecule has 3 aromatic rings. The van der Waals surface area contributed by atoms with Crippen molar-refractivity contribution < 1.29 is 9.53 Å². The smallest absolute Gasteiger partial charge is 0.316 e. The van der Waals surface area contributed by atoms with Gasteiger partial charge in [0.05, 0.1) is 22.3 Å². The van der Waals surface area contributed by atoms with Gasteiger partial charge in [0.1, 0.15) is 6.10 Å². The number of fused-ring (bicyclic) bond motifs is 1. The Balaban J connectivity index is 1.57. The van der Waals surface area contributed by atoms with Gasteiger partial charge in [0, 0.05) is 0 Å². The quantitative estimate of drug-likeness (QED) is 0.283. The van der Waals surface area contributed by atoms with Crippen LogP contribution in [0.25, 0.3) is 16.6 Å². The first-order valence-electron chi connectivity index (χ1n) is 11.3. The Kier molecular flexibility index (Phi) is 6.99. The van der Waals surface area contributed by atoms with Crippen LogP contribution in [0.3, 0.4) is 0 Å². The van der Waals surface area contributed by atoms with Gasteiger partial charge in [0.25, 0.3) is 5.56 Å². The van der Waals surface area contributed by atoms with Crippen LogP contribution in [0.15, 0.2) is 64.5 Å². The number of aromatic nitrogens is 2. The van der Waals surface area contributed by atoms with Crippen molar-refractivity contribution in [1.82, 2.24) is 9.55 Å². The molecule has 1 fully saturated rings. The number of benzene rings is 2. The van der Waals surface area contributed by atoms with Crippen molar-refractivity contribution in [2.45, 2.75) is 51.3 Å². The molecule has 5 nitrogen and oxygen atoms in total. The van der Waals surface area contributed by atoms with Crippen molar-refractivity contribution in [3.8, 4) is 5.69 Å². The summed E-state index contributed by atoms with van der Waals surface area (Å²) in [5.74, 6) is 1.33. The van der Waals surface area contributed by atoms with Gasteiger partial charge in [0.2, 0.25) is 0 Å². The molecule has 0 unspecified atom stereocenters. The van der Waals surface area contributed by atoms with Gasteiger partial charge < -0.3 is 4.74 Å². The van der Waals surface area contributed by atoms with E-state index in [1.54, 1.807) is 10.6 Å². The first kappa shape index (κ1) is 22.6. The summed E-state index contributed by atoms with van der Waals surface area (Å²) in [5, 5.41) is 1.05. The second-order valence-corrected chi connectivity index (χ2v) is 9.97. The molecule has 1 aliphatic rings. The van der Waals surface area contributed by atoms with E-state index in [4.69, 9.17) is 9.72 Å². The summed E-state index contributed by atoms with van der Waals surface area (Å²) in [6.07, 6.45) is 3.18. The zero-order valence-corrected chi connectivity index (χ0v) is 19.7. The van der Waals surface area contributed by atoms with Gasteiger partial charge in [-0.1, -0.05) is 69.3 Å². The fourth-order valence-corrected chi connectivity index (χ4v) is 5.39. The number of carbonyl (C=O) groups excluding carboxylic acids is 1. The van der Waals surface area contributed by atoms with Crippen LogP contribution in [-0.2, 0) is 9.53 Å². The molecule has 1 aromatic heterocycles. The van der Waals surface area contributed by atoms with E-state index < -0.39 is 0 Å². The van der Waals surface area contributed by atoms with Gasteiger partial charge in [0.15, 0.2) is 5.16 Å². The molecule has 1 heterocycles. The average Bonchev–Trinajstić information content (AvgIpc) is 2.78. The number of para-hydroxylation sites is 2. The molecule has 168 valence electrons. The van der Waals surface area contributed by atoms with E-state index in [1.165, 1.54) is 18.2 Å². The predicted molar refractivity (Wildman–Crippen MR) is 129 cm³/mol. The number of ether oxygens (including phenoxy) is 1. The molecule has 3 atom stereocenters. The zero-order chi connectivity index (χ0) is 22.7. The highest BCUT2D eigenvalue weighted by molar-refractivity contribution is 7.99. The fourth-order valence-electron chi connectivity index (χ4n) is 4.59. The summed E-state index contributed by atoms with van der Waals surface area (Å²) in [7, 11) is 0. The van der Waals surface area contributed by atoms with E-state index in [-0.39, 0.29) is 23.4 Å². The molecule has 0 spiro atoms. The van der Waals surface area contributed by atoms with Crippen molar-refractivity contribution in [2.24, 2.45) is 17.8 Å². The van der Waals surface area contributed by atoms with Crippen molar-refractivity contribution in [3.05, 3.63) is 65.0 Å². The normalized spacial score (nSPS) is 21.1. The predicted octanol–water partition coefficient (Wildman–Crippen LogP) is 5.48. The number of thioether (sulfide) groups is 1. The third-order valence-corrected chi connectivity index (χ3v) is 7.23. The summed E-state index contributed by atoms with van der Waals surface area (Å²) in [5.41, 5.74) is 1.22. The van der Waals surface area contributed by atoms with Crippen LogP contribution in [0.1, 0.15) is 40.0 Å². The number of hydrogen-bond acceptors (Lipinski definition) is 5. The van der Waals surface area contributed by atoms with Gasteiger partial charge in [-0.25, -0.2) is 4.98 Å². The Morgan fingerprint density at radius 3 is 2.59 bits per heavy atom. The Bertz CT molecular complexity index is 1140. The minimum atomic E-state index is -0.248. The van der Waals surface area contributed by atoms with Gasteiger partial charge in [-0.05, 0) is 54.9 Å². The molecular weight excluding hydrogens is 420 g/mol. The van der Waals surface area contributed by atoms with Gasteiger partial charge in [-0.3, -0.25) is 14.2 Å². The van der Waals surface area contributed by atoms with Crippen LogP contribution in [0.2, 0.25) is 0 Å². The molecule has 0 saturated heterocycles. The molecule has 6 heteroatoms. The summed E-state index contributed by atoms with van der Waals surface area (Å²) in [6.45, 7) is 6.63. The van der Waals surface area contributed by atoms with Crippen molar-refractivity contribution in [3.63, 3.8) is 0 Å². The third kappa shape index (κ3) is 4.90. The number of esters is 1. The number of rotatable bonds is 6. The molecule has 2 aromatic carbocycles. The van der Waals surface area contributed by atoms with Crippen LogP contribution in [0, 0.1) is 17.8 Å². The topological polar surface area (TPSA) is 61.2 Å². The Labute approximate surface area is 193 Å². The molecule has 0 amide bonds. The summed E-state index contributed by atoms with van der Waals surface area (Å²) < 4.78 is 7.53. The molecule has 0 radical (unpaired) electrons. The molecule has 1 aliphatic carbocycles. The van der Waals surface area contributed by atoms with E-state index in [2.05, 4.69) is 20.8 Å². The van der Waals surface area contributed by atoms with Crippen molar-refractivity contribution in [1.29, 1.82) is 0 Å². The molecule has 32 heavy (non-hydrogen) atoms. The Morgan fingerprint density at radius 1 is 1.12 bits per heavy atom. The van der Waals surface area contributed by atoms with Crippen molar-refractivity contribution in [2.75, 3.05) is 5.75 Å². The number of nitrogens with zero attached hydrogens (tertiary/aromatic N) is 2. The van der Waals surface area contributed by atoms with Gasteiger partial charge in [-0.2, -0.15) is 0 Å². The lowest BCUT2D eigenvalue weighted by Gasteiger charge is -2.36. The summed E-state index contributed by atoms with van der Waals surface area (Å²) >= 11 is 1.26. The molecule has 0 N–H and O–H groups in total. The minimum Gasteiger partial charge on any atom is -0.461 e. The summed E-state index contributed by atoms with van der Waals surface area (Å²) in [4.78, 5) is 30.8. The van der Waals surface area contributed by atoms with Crippen LogP contribution in [-0.4, -0.2) is 27.4 Å². The molecule has 0 aliphatic heterocycles. The minimum absolute atomic E-state index is 0.0345. The third-order valence-electron chi connectivity index (χ3n) is 6.32. The zero-order valence-electron chi connectivity index (χ0n) is 18.9. The average molecular weight is 451 g/mol. The van der Waals surface area contributed by atoms with E-state index in [0.29, 0.717) is 33.8 Å². The second-order valence-electron chi connectivity index (χ2n) is 9.03. The van der Waals surface area contributed by atoms with E-state index in [9.17, 15) is 9.59 Å². The largest absolute Gasteiger partial charge is 0.461 e. The lowest BCUT2D eigenvalue weighted by Crippen LogP contribution is -2.36. The lowest BCUT2D eigenvalue weighted by molar-refractivity contribution is -0.152. The van der Waals surface area contributed by atoms with Gasteiger partial charge >= 0.3 is 5.97 Å².